The second kappa shape index (κ2) is 7.18. The first kappa shape index (κ1) is 18.2. The van der Waals surface area contributed by atoms with Gasteiger partial charge in [-0.3, -0.25) is 4.79 Å². The molecule has 1 unspecified atom stereocenters. The van der Waals surface area contributed by atoms with Gasteiger partial charge >= 0.3 is 11.9 Å². The molecular formula is C15H19NO7S. The smallest absolute Gasteiger partial charge is 0.337 e. The van der Waals surface area contributed by atoms with Crippen molar-refractivity contribution in [2.45, 2.75) is 17.7 Å². The SMILES string of the molecule is COC(=O)c1ccc(S(=O)(=O)N2CCCC(C(=O)O)C2)c(OC)c1. The van der Waals surface area contributed by atoms with Crippen LogP contribution in [0.1, 0.15) is 23.2 Å². The Morgan fingerprint density at radius 2 is 2.00 bits per heavy atom. The summed E-state index contributed by atoms with van der Waals surface area (Å²) in [4.78, 5) is 22.6. The van der Waals surface area contributed by atoms with Crippen molar-refractivity contribution >= 4 is 22.0 Å². The van der Waals surface area contributed by atoms with E-state index in [-0.39, 0.29) is 29.3 Å². The zero-order chi connectivity index (χ0) is 17.9. The number of carbonyl (C=O) groups excluding carboxylic acids is 1. The van der Waals surface area contributed by atoms with E-state index in [0.717, 1.165) is 4.31 Å². The fraction of sp³-hybridized carbons (Fsp3) is 0.467. The third-order valence-electron chi connectivity index (χ3n) is 3.94. The van der Waals surface area contributed by atoms with Crippen molar-refractivity contribution in [1.82, 2.24) is 4.31 Å². The van der Waals surface area contributed by atoms with Crippen LogP contribution in [0.15, 0.2) is 23.1 Å². The zero-order valence-corrected chi connectivity index (χ0v) is 14.2. The Morgan fingerprint density at radius 1 is 1.29 bits per heavy atom. The maximum absolute atomic E-state index is 12.8. The molecule has 2 rings (SSSR count). The van der Waals surface area contributed by atoms with Gasteiger partial charge in [0.05, 0.1) is 25.7 Å². The Balaban J connectivity index is 2.38. The summed E-state index contributed by atoms with van der Waals surface area (Å²) in [5, 5.41) is 9.12. The molecule has 1 aromatic rings. The van der Waals surface area contributed by atoms with Crippen molar-refractivity contribution in [2.75, 3.05) is 27.3 Å². The van der Waals surface area contributed by atoms with Crippen LogP contribution in [0.2, 0.25) is 0 Å². The Morgan fingerprint density at radius 3 is 2.58 bits per heavy atom. The molecule has 8 nitrogen and oxygen atoms in total. The van der Waals surface area contributed by atoms with Gasteiger partial charge in [-0.25, -0.2) is 13.2 Å². The number of hydrogen-bond acceptors (Lipinski definition) is 6. The molecule has 0 aliphatic carbocycles. The van der Waals surface area contributed by atoms with Crippen molar-refractivity contribution in [3.63, 3.8) is 0 Å². The summed E-state index contributed by atoms with van der Waals surface area (Å²) in [6.07, 6.45) is 0.915. The van der Waals surface area contributed by atoms with Crippen LogP contribution < -0.4 is 4.74 Å². The monoisotopic (exact) mass is 357 g/mol. The number of rotatable bonds is 5. The Bertz CT molecular complexity index is 744. The Labute approximate surface area is 140 Å². The molecule has 1 heterocycles. The maximum atomic E-state index is 12.8. The normalized spacial score (nSPS) is 18.8. The van der Waals surface area contributed by atoms with Gasteiger partial charge in [0.2, 0.25) is 10.0 Å². The third-order valence-corrected chi connectivity index (χ3v) is 5.84. The lowest BCUT2D eigenvalue weighted by Gasteiger charge is -2.30. The van der Waals surface area contributed by atoms with E-state index >= 15 is 0 Å². The Hall–Kier alpha value is -2.13. The number of hydrogen-bond donors (Lipinski definition) is 1. The van der Waals surface area contributed by atoms with Crippen LogP contribution in [0.3, 0.4) is 0 Å². The van der Waals surface area contributed by atoms with Crippen LogP contribution in [-0.4, -0.2) is 57.1 Å². The fourth-order valence-corrected chi connectivity index (χ4v) is 4.29. The number of benzene rings is 1. The van der Waals surface area contributed by atoms with E-state index < -0.39 is 27.9 Å². The number of piperidine rings is 1. The van der Waals surface area contributed by atoms with Crippen LogP contribution in [0, 0.1) is 5.92 Å². The highest BCUT2D eigenvalue weighted by Crippen LogP contribution is 2.30. The average molecular weight is 357 g/mol. The van der Waals surface area contributed by atoms with Crippen LogP contribution in [0.5, 0.6) is 5.75 Å². The number of nitrogens with zero attached hydrogens (tertiary/aromatic N) is 1. The molecule has 9 heteroatoms. The highest BCUT2D eigenvalue weighted by Gasteiger charge is 2.35. The molecule has 1 aromatic carbocycles. The van der Waals surface area contributed by atoms with Crippen LogP contribution >= 0.6 is 0 Å². The summed E-state index contributed by atoms with van der Waals surface area (Å²) in [6, 6.07) is 3.89. The van der Waals surface area contributed by atoms with Gasteiger partial charge in [0, 0.05) is 13.1 Å². The molecule has 132 valence electrons. The minimum Gasteiger partial charge on any atom is -0.495 e. The van der Waals surface area contributed by atoms with Crippen LogP contribution in [0.25, 0.3) is 0 Å². The van der Waals surface area contributed by atoms with E-state index in [1.807, 2.05) is 0 Å². The van der Waals surface area contributed by atoms with Gasteiger partial charge in [0.1, 0.15) is 10.6 Å². The van der Waals surface area contributed by atoms with Gasteiger partial charge in [-0.05, 0) is 31.0 Å². The summed E-state index contributed by atoms with van der Waals surface area (Å²) in [5.74, 6) is -2.34. The minimum absolute atomic E-state index is 0.00958. The van der Waals surface area contributed by atoms with E-state index in [4.69, 9.17) is 9.84 Å². The second-order valence-corrected chi connectivity index (χ2v) is 7.30. The van der Waals surface area contributed by atoms with Crippen molar-refractivity contribution < 1.29 is 32.6 Å². The molecule has 1 atom stereocenters. The number of carbonyl (C=O) groups is 2. The lowest BCUT2D eigenvalue weighted by atomic mass is 10.0. The predicted octanol–water partition coefficient (Wildman–Crippen LogP) is 0.967. The topological polar surface area (TPSA) is 110 Å². The van der Waals surface area contributed by atoms with Crippen LogP contribution in [0.4, 0.5) is 0 Å². The molecule has 1 aliphatic rings. The molecule has 0 amide bonds. The number of aliphatic carboxylic acids is 1. The van der Waals surface area contributed by atoms with Gasteiger partial charge in [0.15, 0.2) is 0 Å². The number of carboxylic acid groups (broad SMARTS) is 1. The molecule has 1 saturated heterocycles. The second-order valence-electron chi connectivity index (χ2n) is 5.40. The molecule has 0 bridgehead atoms. The van der Waals surface area contributed by atoms with Gasteiger partial charge in [-0.2, -0.15) is 4.31 Å². The summed E-state index contributed by atoms with van der Waals surface area (Å²) >= 11 is 0. The number of ether oxygens (including phenoxy) is 2. The standard InChI is InChI=1S/C15H19NO7S/c1-22-12-8-10(15(19)23-2)5-6-13(12)24(20,21)16-7-3-4-11(9-16)14(17)18/h5-6,8,11H,3-4,7,9H2,1-2H3,(H,17,18). The van der Waals surface area contributed by atoms with Gasteiger partial charge in [-0.1, -0.05) is 0 Å². The first-order valence-corrected chi connectivity index (χ1v) is 8.74. The molecule has 1 N–H and O–H groups in total. The number of methoxy groups -OCH3 is 2. The molecule has 24 heavy (non-hydrogen) atoms. The molecule has 0 aromatic heterocycles. The number of carboxylic acids is 1. The van der Waals surface area contributed by atoms with Crippen molar-refractivity contribution in [2.24, 2.45) is 5.92 Å². The highest BCUT2D eigenvalue weighted by atomic mass is 32.2. The van der Waals surface area contributed by atoms with E-state index in [0.29, 0.717) is 12.8 Å². The summed E-state index contributed by atoms with van der Waals surface area (Å²) in [5.41, 5.74) is 0.162. The minimum atomic E-state index is -3.93. The van der Waals surface area contributed by atoms with E-state index in [1.54, 1.807) is 0 Å². The largest absolute Gasteiger partial charge is 0.495 e. The Kier molecular flexibility index (Phi) is 5.45. The summed E-state index contributed by atoms with van der Waals surface area (Å²) in [6.45, 7) is 0.160. The van der Waals surface area contributed by atoms with Gasteiger partial charge in [0.25, 0.3) is 0 Å². The maximum Gasteiger partial charge on any atom is 0.337 e. The molecule has 1 fully saturated rings. The highest BCUT2D eigenvalue weighted by molar-refractivity contribution is 7.89. The molecule has 0 spiro atoms. The zero-order valence-electron chi connectivity index (χ0n) is 13.4. The van der Waals surface area contributed by atoms with Crippen molar-refractivity contribution in [3.05, 3.63) is 23.8 Å². The lowest BCUT2D eigenvalue weighted by Crippen LogP contribution is -2.42. The first-order valence-electron chi connectivity index (χ1n) is 7.30. The quantitative estimate of drug-likeness (QED) is 0.782. The predicted molar refractivity (Wildman–Crippen MR) is 83.5 cm³/mol. The molecule has 1 aliphatic heterocycles. The summed E-state index contributed by atoms with van der Waals surface area (Å²) < 4.78 is 36.5. The first-order chi connectivity index (χ1) is 11.3. The lowest BCUT2D eigenvalue weighted by molar-refractivity contribution is -0.142. The number of esters is 1. The van der Waals surface area contributed by atoms with E-state index in [2.05, 4.69) is 4.74 Å². The number of sulfonamides is 1. The molecular weight excluding hydrogens is 338 g/mol. The van der Waals surface area contributed by atoms with Crippen LogP contribution in [-0.2, 0) is 19.6 Å². The van der Waals surface area contributed by atoms with Gasteiger partial charge < -0.3 is 14.6 Å². The molecule has 0 radical (unpaired) electrons. The van der Waals surface area contributed by atoms with E-state index in [9.17, 15) is 18.0 Å². The average Bonchev–Trinajstić information content (AvgIpc) is 2.60. The van der Waals surface area contributed by atoms with Gasteiger partial charge in [-0.15, -0.1) is 0 Å². The van der Waals surface area contributed by atoms with E-state index in [1.165, 1.54) is 32.4 Å². The van der Waals surface area contributed by atoms with Crippen molar-refractivity contribution in [1.29, 1.82) is 0 Å². The molecule has 0 saturated carbocycles. The summed E-state index contributed by atoms with van der Waals surface area (Å²) in [7, 11) is -1.41. The van der Waals surface area contributed by atoms with Crippen molar-refractivity contribution in [3.8, 4) is 5.75 Å². The third kappa shape index (κ3) is 3.51. The fourth-order valence-electron chi connectivity index (χ4n) is 2.63.